The van der Waals surface area contributed by atoms with Gasteiger partial charge in [-0.1, -0.05) is 12.1 Å². The molecule has 0 atom stereocenters. The standard InChI is InChI=1S/C10H12N2/c1-2-11-9-5-3-4-8-6-7-12-10(8)9/h3-7,11-12H,2H2,1H3. The third-order valence-corrected chi connectivity index (χ3v) is 1.95. The Morgan fingerprint density at radius 3 is 3.08 bits per heavy atom. The molecule has 62 valence electrons. The summed E-state index contributed by atoms with van der Waals surface area (Å²) in [5, 5.41) is 4.56. The van der Waals surface area contributed by atoms with E-state index in [0.717, 1.165) is 6.54 Å². The molecule has 12 heavy (non-hydrogen) atoms. The molecule has 0 aliphatic carbocycles. The molecule has 0 saturated carbocycles. The lowest BCUT2D eigenvalue weighted by atomic mass is 10.2. The van der Waals surface area contributed by atoms with Crippen molar-refractivity contribution < 1.29 is 0 Å². The predicted octanol–water partition coefficient (Wildman–Crippen LogP) is 2.60. The van der Waals surface area contributed by atoms with Crippen LogP contribution in [0.1, 0.15) is 6.92 Å². The van der Waals surface area contributed by atoms with E-state index in [1.54, 1.807) is 0 Å². The van der Waals surface area contributed by atoms with Crippen molar-refractivity contribution in [2.75, 3.05) is 11.9 Å². The number of anilines is 1. The van der Waals surface area contributed by atoms with Crippen LogP contribution < -0.4 is 5.32 Å². The van der Waals surface area contributed by atoms with Crippen LogP contribution in [0.2, 0.25) is 0 Å². The van der Waals surface area contributed by atoms with Gasteiger partial charge in [0.05, 0.1) is 11.2 Å². The number of aromatic amines is 1. The van der Waals surface area contributed by atoms with Gasteiger partial charge in [-0.05, 0) is 19.1 Å². The largest absolute Gasteiger partial charge is 0.384 e. The van der Waals surface area contributed by atoms with E-state index in [0.29, 0.717) is 0 Å². The first-order chi connectivity index (χ1) is 5.92. The molecule has 0 spiro atoms. The molecular formula is C10H12N2. The van der Waals surface area contributed by atoms with Crippen molar-refractivity contribution in [3.8, 4) is 0 Å². The summed E-state index contributed by atoms with van der Waals surface area (Å²) < 4.78 is 0. The molecule has 1 heterocycles. The Bertz CT molecular complexity index is 376. The highest BCUT2D eigenvalue weighted by molar-refractivity contribution is 5.90. The van der Waals surface area contributed by atoms with Gasteiger partial charge in [0, 0.05) is 18.1 Å². The number of benzene rings is 1. The molecule has 0 bridgehead atoms. The topological polar surface area (TPSA) is 27.8 Å². The van der Waals surface area contributed by atoms with Crippen molar-refractivity contribution in [2.45, 2.75) is 6.92 Å². The smallest absolute Gasteiger partial charge is 0.0689 e. The van der Waals surface area contributed by atoms with Crippen LogP contribution in [0.3, 0.4) is 0 Å². The molecule has 0 aliphatic heterocycles. The van der Waals surface area contributed by atoms with E-state index in [4.69, 9.17) is 0 Å². The zero-order valence-electron chi connectivity index (χ0n) is 7.09. The predicted molar refractivity (Wildman–Crippen MR) is 52.5 cm³/mol. The summed E-state index contributed by atoms with van der Waals surface area (Å²) in [7, 11) is 0. The van der Waals surface area contributed by atoms with E-state index >= 15 is 0 Å². The number of rotatable bonds is 2. The second kappa shape index (κ2) is 2.89. The molecule has 1 aromatic carbocycles. The minimum absolute atomic E-state index is 0.956. The minimum atomic E-state index is 0.956. The summed E-state index contributed by atoms with van der Waals surface area (Å²) in [4.78, 5) is 3.21. The van der Waals surface area contributed by atoms with E-state index in [1.165, 1.54) is 16.6 Å². The molecular weight excluding hydrogens is 148 g/mol. The van der Waals surface area contributed by atoms with E-state index in [1.807, 2.05) is 6.20 Å². The number of fused-ring (bicyclic) bond motifs is 1. The van der Waals surface area contributed by atoms with E-state index < -0.39 is 0 Å². The fourth-order valence-corrected chi connectivity index (χ4v) is 1.42. The lowest BCUT2D eigenvalue weighted by Crippen LogP contribution is -1.96. The van der Waals surface area contributed by atoms with Crippen LogP contribution in [0.25, 0.3) is 10.9 Å². The van der Waals surface area contributed by atoms with Crippen LogP contribution in [0.5, 0.6) is 0 Å². The van der Waals surface area contributed by atoms with Gasteiger partial charge in [0.2, 0.25) is 0 Å². The first-order valence-electron chi connectivity index (χ1n) is 4.22. The normalized spacial score (nSPS) is 10.4. The first-order valence-corrected chi connectivity index (χ1v) is 4.22. The van der Waals surface area contributed by atoms with Crippen molar-refractivity contribution in [3.63, 3.8) is 0 Å². The van der Waals surface area contributed by atoms with E-state index in [2.05, 4.69) is 41.5 Å². The Morgan fingerprint density at radius 1 is 1.33 bits per heavy atom. The average molecular weight is 160 g/mol. The number of hydrogen-bond acceptors (Lipinski definition) is 1. The second-order valence-corrected chi connectivity index (χ2v) is 2.78. The molecule has 2 N–H and O–H groups in total. The van der Waals surface area contributed by atoms with E-state index in [-0.39, 0.29) is 0 Å². The van der Waals surface area contributed by atoms with Crippen molar-refractivity contribution in [2.24, 2.45) is 0 Å². The Hall–Kier alpha value is -1.44. The zero-order chi connectivity index (χ0) is 8.39. The van der Waals surface area contributed by atoms with Crippen LogP contribution in [0.4, 0.5) is 5.69 Å². The van der Waals surface area contributed by atoms with E-state index in [9.17, 15) is 0 Å². The highest BCUT2D eigenvalue weighted by Crippen LogP contribution is 2.20. The van der Waals surface area contributed by atoms with Crippen LogP contribution in [-0.4, -0.2) is 11.5 Å². The summed E-state index contributed by atoms with van der Waals surface area (Å²) in [6, 6.07) is 8.33. The van der Waals surface area contributed by atoms with Crippen molar-refractivity contribution in [3.05, 3.63) is 30.5 Å². The van der Waals surface area contributed by atoms with Crippen LogP contribution >= 0.6 is 0 Å². The molecule has 2 rings (SSSR count). The van der Waals surface area contributed by atoms with Gasteiger partial charge in [-0.2, -0.15) is 0 Å². The summed E-state index contributed by atoms with van der Waals surface area (Å²) in [6.45, 7) is 3.06. The van der Waals surface area contributed by atoms with Crippen LogP contribution in [0, 0.1) is 0 Å². The Kier molecular flexibility index (Phi) is 1.74. The molecule has 0 aliphatic rings. The van der Waals surface area contributed by atoms with Crippen molar-refractivity contribution in [1.82, 2.24) is 4.98 Å². The van der Waals surface area contributed by atoms with Crippen LogP contribution in [-0.2, 0) is 0 Å². The molecule has 2 heteroatoms. The fraction of sp³-hybridized carbons (Fsp3) is 0.200. The average Bonchev–Trinajstić information content (AvgIpc) is 2.53. The minimum Gasteiger partial charge on any atom is -0.384 e. The second-order valence-electron chi connectivity index (χ2n) is 2.78. The monoisotopic (exact) mass is 160 g/mol. The summed E-state index contributed by atoms with van der Waals surface area (Å²) >= 11 is 0. The maximum Gasteiger partial charge on any atom is 0.0689 e. The fourth-order valence-electron chi connectivity index (χ4n) is 1.42. The Balaban J connectivity index is 2.57. The molecule has 0 unspecified atom stereocenters. The molecule has 0 amide bonds. The Labute approximate surface area is 71.6 Å². The third-order valence-electron chi connectivity index (χ3n) is 1.95. The van der Waals surface area contributed by atoms with Crippen LogP contribution in [0.15, 0.2) is 30.5 Å². The van der Waals surface area contributed by atoms with Gasteiger partial charge in [-0.3, -0.25) is 0 Å². The highest BCUT2D eigenvalue weighted by atomic mass is 14.9. The summed E-state index contributed by atoms with van der Waals surface area (Å²) in [5.74, 6) is 0. The Morgan fingerprint density at radius 2 is 2.25 bits per heavy atom. The van der Waals surface area contributed by atoms with Crippen molar-refractivity contribution in [1.29, 1.82) is 0 Å². The van der Waals surface area contributed by atoms with Gasteiger partial charge in [-0.25, -0.2) is 0 Å². The quantitative estimate of drug-likeness (QED) is 0.694. The maximum absolute atomic E-state index is 3.31. The molecule has 2 nitrogen and oxygen atoms in total. The molecule has 2 aromatic rings. The van der Waals surface area contributed by atoms with Gasteiger partial charge < -0.3 is 10.3 Å². The lowest BCUT2D eigenvalue weighted by molar-refractivity contribution is 1.21. The van der Waals surface area contributed by atoms with Gasteiger partial charge in [0.1, 0.15) is 0 Å². The molecule has 0 saturated heterocycles. The van der Waals surface area contributed by atoms with Crippen molar-refractivity contribution >= 4 is 16.6 Å². The van der Waals surface area contributed by atoms with Gasteiger partial charge in [0.25, 0.3) is 0 Å². The SMILES string of the molecule is CCNc1cccc2cc[nH]c12. The third kappa shape index (κ3) is 1.05. The first kappa shape index (κ1) is 7.22. The number of H-pyrrole nitrogens is 1. The van der Waals surface area contributed by atoms with Gasteiger partial charge >= 0.3 is 0 Å². The molecule has 0 radical (unpaired) electrons. The number of aromatic nitrogens is 1. The van der Waals surface area contributed by atoms with Gasteiger partial charge in [0.15, 0.2) is 0 Å². The number of nitrogens with one attached hydrogen (secondary N) is 2. The zero-order valence-corrected chi connectivity index (χ0v) is 7.09. The van der Waals surface area contributed by atoms with Gasteiger partial charge in [-0.15, -0.1) is 0 Å². The lowest BCUT2D eigenvalue weighted by Gasteiger charge is -2.03. The number of para-hydroxylation sites is 1. The maximum atomic E-state index is 3.31. The summed E-state index contributed by atoms with van der Waals surface area (Å²) in [5.41, 5.74) is 2.37. The number of hydrogen-bond donors (Lipinski definition) is 2. The molecule has 0 fully saturated rings. The molecule has 1 aromatic heterocycles. The highest BCUT2D eigenvalue weighted by Gasteiger charge is 1.98. The summed E-state index contributed by atoms with van der Waals surface area (Å²) in [6.07, 6.45) is 1.96.